The first-order valence-electron chi connectivity index (χ1n) is 6.09. The number of thiazole rings is 1. The molecule has 1 aromatic carbocycles. The highest BCUT2D eigenvalue weighted by Gasteiger charge is 2.27. The zero-order chi connectivity index (χ0) is 14.7. The minimum absolute atomic E-state index is 0.222. The van der Waals surface area contributed by atoms with E-state index in [-0.39, 0.29) is 5.78 Å². The van der Waals surface area contributed by atoms with Gasteiger partial charge >= 0.3 is 0 Å². The van der Waals surface area contributed by atoms with E-state index in [2.05, 4.69) is 11.1 Å². The molecule has 20 heavy (non-hydrogen) atoms. The van der Waals surface area contributed by atoms with Crippen LogP contribution in [0.25, 0.3) is 0 Å². The van der Waals surface area contributed by atoms with Crippen molar-refractivity contribution in [3.63, 3.8) is 0 Å². The molecule has 102 valence electrons. The number of aryl methyl sites for hydroxylation is 2. The third-order valence-corrected chi connectivity index (χ3v) is 4.06. The van der Waals surface area contributed by atoms with Gasteiger partial charge in [0, 0.05) is 5.56 Å². The first kappa shape index (κ1) is 14.2. The molecule has 1 heterocycles. The molecule has 0 aliphatic carbocycles. The number of aromatic nitrogens is 1. The molecule has 0 aliphatic rings. The van der Waals surface area contributed by atoms with Gasteiger partial charge in [0.25, 0.3) is 0 Å². The second-order valence-corrected chi connectivity index (χ2v) is 5.52. The van der Waals surface area contributed by atoms with Gasteiger partial charge in [0.2, 0.25) is 0 Å². The number of ether oxygens (including phenoxy) is 1. The standard InChI is InChI=1S/C15H14N2O2S/c1-9-15(20-10(2)17-9)14(18)12(8-16)11-6-4-5-7-13(11)19-3/h4-7,12H,1-3H3. The van der Waals surface area contributed by atoms with Crippen LogP contribution >= 0.6 is 11.3 Å². The van der Waals surface area contributed by atoms with E-state index in [0.29, 0.717) is 21.9 Å². The number of hydrogen-bond donors (Lipinski definition) is 0. The third kappa shape index (κ3) is 2.56. The Morgan fingerprint density at radius 2 is 2.10 bits per heavy atom. The van der Waals surface area contributed by atoms with Crippen LogP contribution in [0.2, 0.25) is 0 Å². The van der Waals surface area contributed by atoms with Crippen molar-refractivity contribution in [3.8, 4) is 11.8 Å². The minimum Gasteiger partial charge on any atom is -0.496 e. The van der Waals surface area contributed by atoms with Gasteiger partial charge in [0.1, 0.15) is 11.7 Å². The van der Waals surface area contributed by atoms with Gasteiger partial charge in [-0.3, -0.25) is 4.79 Å². The number of Topliss-reactive ketones (excluding diaryl/α,β-unsaturated/α-hetero) is 1. The molecule has 1 atom stereocenters. The summed E-state index contributed by atoms with van der Waals surface area (Å²) in [6, 6.07) is 9.17. The monoisotopic (exact) mass is 286 g/mol. The van der Waals surface area contributed by atoms with Gasteiger partial charge in [-0.25, -0.2) is 4.98 Å². The van der Waals surface area contributed by atoms with Crippen molar-refractivity contribution >= 4 is 17.1 Å². The summed E-state index contributed by atoms with van der Waals surface area (Å²) in [6.45, 7) is 3.63. The first-order chi connectivity index (χ1) is 9.58. The summed E-state index contributed by atoms with van der Waals surface area (Å²) in [7, 11) is 1.53. The molecule has 0 bridgehead atoms. The number of hydrogen-bond acceptors (Lipinski definition) is 5. The van der Waals surface area contributed by atoms with E-state index in [0.717, 1.165) is 5.01 Å². The largest absolute Gasteiger partial charge is 0.496 e. The lowest BCUT2D eigenvalue weighted by Gasteiger charge is -2.12. The van der Waals surface area contributed by atoms with Crippen LogP contribution in [0.1, 0.15) is 31.9 Å². The lowest BCUT2D eigenvalue weighted by Crippen LogP contribution is -2.12. The summed E-state index contributed by atoms with van der Waals surface area (Å²) in [4.78, 5) is 17.4. The molecular formula is C15H14N2O2S. The fourth-order valence-electron chi connectivity index (χ4n) is 2.07. The number of carbonyl (C=O) groups excluding carboxylic acids is 1. The van der Waals surface area contributed by atoms with Crippen molar-refractivity contribution in [1.29, 1.82) is 5.26 Å². The molecule has 0 N–H and O–H groups in total. The summed E-state index contributed by atoms with van der Waals surface area (Å²) in [5.41, 5.74) is 1.26. The predicted molar refractivity (Wildman–Crippen MR) is 77.3 cm³/mol. The minimum atomic E-state index is -0.871. The summed E-state index contributed by atoms with van der Waals surface area (Å²) in [5.74, 6) is -0.545. The highest BCUT2D eigenvalue weighted by molar-refractivity contribution is 7.13. The van der Waals surface area contributed by atoms with Gasteiger partial charge in [-0.1, -0.05) is 18.2 Å². The summed E-state index contributed by atoms with van der Waals surface area (Å²) in [6.07, 6.45) is 0. The molecule has 2 aromatic rings. The molecule has 0 radical (unpaired) electrons. The Morgan fingerprint density at radius 1 is 1.40 bits per heavy atom. The Hall–Kier alpha value is -2.19. The SMILES string of the molecule is COc1ccccc1C(C#N)C(=O)c1sc(C)nc1C. The van der Waals surface area contributed by atoms with Gasteiger partial charge in [0.15, 0.2) is 5.78 Å². The van der Waals surface area contributed by atoms with Crippen LogP contribution in [0.15, 0.2) is 24.3 Å². The lowest BCUT2D eigenvalue weighted by atomic mass is 9.94. The van der Waals surface area contributed by atoms with Gasteiger partial charge in [-0.15, -0.1) is 11.3 Å². The molecule has 5 heteroatoms. The van der Waals surface area contributed by atoms with Gasteiger partial charge < -0.3 is 4.74 Å². The van der Waals surface area contributed by atoms with E-state index in [1.165, 1.54) is 18.4 Å². The van der Waals surface area contributed by atoms with Crippen molar-refractivity contribution in [2.45, 2.75) is 19.8 Å². The van der Waals surface area contributed by atoms with E-state index < -0.39 is 5.92 Å². The van der Waals surface area contributed by atoms with Gasteiger partial charge in [-0.05, 0) is 19.9 Å². The second-order valence-electron chi connectivity index (χ2n) is 4.32. The fourth-order valence-corrected chi connectivity index (χ4v) is 2.96. The lowest BCUT2D eigenvalue weighted by molar-refractivity contribution is 0.0981. The number of ketones is 1. The van der Waals surface area contributed by atoms with Crippen molar-refractivity contribution in [1.82, 2.24) is 4.98 Å². The molecule has 0 fully saturated rings. The van der Waals surface area contributed by atoms with E-state index >= 15 is 0 Å². The third-order valence-electron chi connectivity index (χ3n) is 2.97. The number of methoxy groups -OCH3 is 1. The highest BCUT2D eigenvalue weighted by Crippen LogP contribution is 2.31. The predicted octanol–water partition coefficient (Wildman–Crippen LogP) is 3.26. The van der Waals surface area contributed by atoms with Crippen LogP contribution in [-0.4, -0.2) is 17.9 Å². The normalized spacial score (nSPS) is 11.7. The first-order valence-corrected chi connectivity index (χ1v) is 6.91. The average molecular weight is 286 g/mol. The molecular weight excluding hydrogens is 272 g/mol. The van der Waals surface area contributed by atoms with Crippen molar-refractivity contribution in [2.75, 3.05) is 7.11 Å². The Bertz CT molecular complexity index is 685. The van der Waals surface area contributed by atoms with Gasteiger partial charge in [0.05, 0.1) is 28.8 Å². The zero-order valence-corrected chi connectivity index (χ0v) is 12.3. The summed E-state index contributed by atoms with van der Waals surface area (Å²) < 4.78 is 5.23. The fraction of sp³-hybridized carbons (Fsp3) is 0.267. The number of carbonyl (C=O) groups is 1. The van der Waals surface area contributed by atoms with Gasteiger partial charge in [-0.2, -0.15) is 5.26 Å². The van der Waals surface area contributed by atoms with E-state index in [1.54, 1.807) is 25.1 Å². The Kier molecular flexibility index (Phi) is 4.16. The van der Waals surface area contributed by atoms with Crippen LogP contribution in [0.3, 0.4) is 0 Å². The smallest absolute Gasteiger partial charge is 0.196 e. The molecule has 0 saturated carbocycles. The molecule has 0 aliphatic heterocycles. The Morgan fingerprint density at radius 3 is 2.65 bits per heavy atom. The highest BCUT2D eigenvalue weighted by atomic mass is 32.1. The molecule has 0 saturated heterocycles. The van der Waals surface area contributed by atoms with Crippen LogP contribution in [0.5, 0.6) is 5.75 Å². The molecule has 4 nitrogen and oxygen atoms in total. The summed E-state index contributed by atoms with van der Waals surface area (Å²) in [5, 5.41) is 10.2. The van der Waals surface area contributed by atoms with Crippen LogP contribution < -0.4 is 4.74 Å². The molecule has 0 spiro atoms. The van der Waals surface area contributed by atoms with E-state index in [1.807, 2.05) is 13.0 Å². The van der Waals surface area contributed by atoms with Crippen LogP contribution in [0, 0.1) is 25.2 Å². The van der Waals surface area contributed by atoms with Crippen molar-refractivity contribution in [2.24, 2.45) is 0 Å². The van der Waals surface area contributed by atoms with E-state index in [4.69, 9.17) is 4.74 Å². The second kappa shape index (κ2) is 5.85. The topological polar surface area (TPSA) is 63.0 Å². The number of rotatable bonds is 4. The molecule has 0 amide bonds. The maximum atomic E-state index is 12.6. The number of nitrogens with zero attached hydrogens (tertiary/aromatic N) is 2. The molecule has 1 aromatic heterocycles. The maximum absolute atomic E-state index is 12.6. The average Bonchev–Trinajstić information content (AvgIpc) is 2.79. The maximum Gasteiger partial charge on any atom is 0.196 e. The summed E-state index contributed by atoms with van der Waals surface area (Å²) >= 11 is 1.32. The molecule has 2 rings (SSSR count). The quantitative estimate of drug-likeness (QED) is 0.809. The molecule has 1 unspecified atom stereocenters. The zero-order valence-electron chi connectivity index (χ0n) is 11.5. The Balaban J connectivity index is 2.45. The van der Waals surface area contributed by atoms with E-state index in [9.17, 15) is 10.1 Å². The number of benzene rings is 1. The van der Waals surface area contributed by atoms with Crippen LogP contribution in [0.4, 0.5) is 0 Å². The van der Waals surface area contributed by atoms with Crippen molar-refractivity contribution < 1.29 is 9.53 Å². The van der Waals surface area contributed by atoms with Crippen LogP contribution in [-0.2, 0) is 0 Å². The Labute approximate surface area is 121 Å². The number of nitriles is 1. The number of para-hydroxylation sites is 1. The van der Waals surface area contributed by atoms with Crippen molar-refractivity contribution in [3.05, 3.63) is 45.4 Å².